The van der Waals surface area contributed by atoms with Crippen molar-refractivity contribution in [3.05, 3.63) is 65.4 Å². The Kier molecular flexibility index (Phi) is 3.48. The summed E-state index contributed by atoms with van der Waals surface area (Å²) in [6.07, 6.45) is 2.28. The molecule has 2 aromatic carbocycles. The minimum Gasteiger partial charge on any atom is -0.361 e. The van der Waals surface area contributed by atoms with Crippen LogP contribution in [0.15, 0.2) is 48.7 Å². The van der Waals surface area contributed by atoms with Crippen molar-refractivity contribution < 1.29 is 4.79 Å². The van der Waals surface area contributed by atoms with Gasteiger partial charge in [0.15, 0.2) is 0 Å². The summed E-state index contributed by atoms with van der Waals surface area (Å²) in [4.78, 5) is 15.4. The monoisotopic (exact) mass is 278 g/mol. The number of para-hydroxylation sites is 1. The van der Waals surface area contributed by atoms with Gasteiger partial charge in [-0.25, -0.2) is 0 Å². The van der Waals surface area contributed by atoms with Crippen LogP contribution in [0.5, 0.6) is 0 Å². The van der Waals surface area contributed by atoms with Crippen molar-refractivity contribution in [1.29, 1.82) is 0 Å². The van der Waals surface area contributed by atoms with Crippen LogP contribution in [-0.4, -0.2) is 10.9 Å². The highest BCUT2D eigenvalue weighted by Gasteiger charge is 2.09. The predicted molar refractivity (Wildman–Crippen MR) is 86.5 cm³/mol. The number of hydrogen-bond acceptors (Lipinski definition) is 1. The van der Waals surface area contributed by atoms with Crippen molar-refractivity contribution in [3.8, 4) is 0 Å². The smallest absolute Gasteiger partial charge is 0.228 e. The van der Waals surface area contributed by atoms with Crippen molar-refractivity contribution >= 4 is 22.5 Å². The first-order valence-corrected chi connectivity index (χ1v) is 7.05. The summed E-state index contributed by atoms with van der Waals surface area (Å²) >= 11 is 0. The number of carbonyl (C=O) groups is 1. The highest BCUT2D eigenvalue weighted by Crippen LogP contribution is 2.20. The van der Waals surface area contributed by atoms with Gasteiger partial charge >= 0.3 is 0 Å². The average Bonchev–Trinajstić information content (AvgIpc) is 2.85. The molecule has 0 saturated carbocycles. The van der Waals surface area contributed by atoms with Crippen LogP contribution in [0.4, 0.5) is 5.69 Å². The molecule has 0 unspecified atom stereocenters. The summed E-state index contributed by atoms with van der Waals surface area (Å²) in [6.45, 7) is 4.05. The fourth-order valence-electron chi connectivity index (χ4n) is 2.60. The number of rotatable bonds is 3. The maximum absolute atomic E-state index is 12.2. The zero-order valence-corrected chi connectivity index (χ0v) is 12.2. The molecule has 2 N–H and O–H groups in total. The standard InChI is InChI=1S/C18H18N2O/c1-12-7-8-16(13(2)9-12)20-18(21)10-14-11-19-17-6-4-3-5-15(14)17/h3-9,11,19H,10H2,1-2H3,(H,20,21). The van der Waals surface area contributed by atoms with Gasteiger partial charge in [-0.1, -0.05) is 35.9 Å². The average molecular weight is 278 g/mol. The Morgan fingerprint density at radius 2 is 1.95 bits per heavy atom. The third kappa shape index (κ3) is 2.82. The Morgan fingerprint density at radius 1 is 1.14 bits per heavy atom. The summed E-state index contributed by atoms with van der Waals surface area (Å²) < 4.78 is 0. The second kappa shape index (κ2) is 5.44. The first-order valence-electron chi connectivity index (χ1n) is 7.05. The molecule has 0 saturated heterocycles. The molecule has 0 spiro atoms. The van der Waals surface area contributed by atoms with E-state index >= 15 is 0 Å². The Balaban J connectivity index is 1.77. The van der Waals surface area contributed by atoms with E-state index in [0.29, 0.717) is 6.42 Å². The quantitative estimate of drug-likeness (QED) is 0.748. The normalized spacial score (nSPS) is 10.8. The summed E-state index contributed by atoms with van der Waals surface area (Å²) in [5, 5.41) is 4.09. The van der Waals surface area contributed by atoms with Gasteiger partial charge in [0.1, 0.15) is 0 Å². The van der Waals surface area contributed by atoms with Gasteiger partial charge in [-0.3, -0.25) is 4.79 Å². The lowest BCUT2D eigenvalue weighted by atomic mass is 10.1. The third-order valence-electron chi connectivity index (χ3n) is 3.68. The molecule has 0 bridgehead atoms. The van der Waals surface area contributed by atoms with E-state index in [1.165, 1.54) is 5.56 Å². The molecule has 106 valence electrons. The lowest BCUT2D eigenvalue weighted by Gasteiger charge is -2.09. The molecule has 21 heavy (non-hydrogen) atoms. The fourth-order valence-corrected chi connectivity index (χ4v) is 2.60. The number of H-pyrrole nitrogens is 1. The number of nitrogens with one attached hydrogen (secondary N) is 2. The molecule has 3 aromatic rings. The second-order valence-electron chi connectivity index (χ2n) is 5.40. The highest BCUT2D eigenvalue weighted by atomic mass is 16.1. The van der Waals surface area contributed by atoms with Gasteiger partial charge in [0.05, 0.1) is 6.42 Å². The highest BCUT2D eigenvalue weighted by molar-refractivity contribution is 5.96. The number of fused-ring (bicyclic) bond motifs is 1. The molecular formula is C18H18N2O. The number of aryl methyl sites for hydroxylation is 2. The molecule has 0 radical (unpaired) electrons. The minimum atomic E-state index is 0.00621. The minimum absolute atomic E-state index is 0.00621. The second-order valence-corrected chi connectivity index (χ2v) is 5.40. The van der Waals surface area contributed by atoms with Crippen LogP contribution in [0.3, 0.4) is 0 Å². The lowest BCUT2D eigenvalue weighted by Crippen LogP contribution is -2.15. The van der Waals surface area contributed by atoms with E-state index in [1.54, 1.807) is 0 Å². The van der Waals surface area contributed by atoms with Crippen LogP contribution in [0.25, 0.3) is 10.9 Å². The summed E-state index contributed by atoms with van der Waals surface area (Å²) in [5.74, 6) is 0.00621. The maximum atomic E-state index is 12.2. The largest absolute Gasteiger partial charge is 0.361 e. The van der Waals surface area contributed by atoms with Gasteiger partial charge in [0.25, 0.3) is 0 Å². The number of aromatic amines is 1. The Labute approximate surface area is 124 Å². The first-order chi connectivity index (χ1) is 10.1. The molecule has 1 heterocycles. The molecule has 0 aliphatic carbocycles. The van der Waals surface area contributed by atoms with Gasteiger partial charge in [0.2, 0.25) is 5.91 Å². The van der Waals surface area contributed by atoms with E-state index < -0.39 is 0 Å². The third-order valence-corrected chi connectivity index (χ3v) is 3.68. The number of anilines is 1. The van der Waals surface area contributed by atoms with Gasteiger partial charge in [-0.15, -0.1) is 0 Å². The molecule has 0 fully saturated rings. The van der Waals surface area contributed by atoms with Gasteiger partial charge in [-0.05, 0) is 37.1 Å². The first kappa shape index (κ1) is 13.4. The Bertz CT molecular complexity index is 802. The summed E-state index contributed by atoms with van der Waals surface area (Å²) in [5.41, 5.74) is 5.24. The molecular weight excluding hydrogens is 260 g/mol. The maximum Gasteiger partial charge on any atom is 0.228 e. The van der Waals surface area contributed by atoms with Gasteiger partial charge in [-0.2, -0.15) is 0 Å². The van der Waals surface area contributed by atoms with Crippen LogP contribution in [0.1, 0.15) is 16.7 Å². The molecule has 0 aliphatic rings. The number of hydrogen-bond donors (Lipinski definition) is 2. The van der Waals surface area contributed by atoms with E-state index in [9.17, 15) is 4.79 Å². The Hall–Kier alpha value is -2.55. The molecule has 3 rings (SSSR count). The van der Waals surface area contributed by atoms with Crippen LogP contribution in [-0.2, 0) is 11.2 Å². The van der Waals surface area contributed by atoms with E-state index in [4.69, 9.17) is 0 Å². The predicted octanol–water partition coefficient (Wildman–Crippen LogP) is 3.97. The molecule has 3 heteroatoms. The number of carbonyl (C=O) groups excluding carboxylic acids is 1. The molecule has 1 amide bonds. The SMILES string of the molecule is Cc1ccc(NC(=O)Cc2c[nH]c3ccccc23)c(C)c1. The molecule has 0 atom stereocenters. The summed E-state index contributed by atoms with van der Waals surface area (Å²) in [6, 6.07) is 14.1. The van der Waals surface area contributed by atoms with Gasteiger partial charge < -0.3 is 10.3 Å². The van der Waals surface area contributed by atoms with Crippen LogP contribution in [0.2, 0.25) is 0 Å². The van der Waals surface area contributed by atoms with Crippen molar-refractivity contribution in [3.63, 3.8) is 0 Å². The molecule has 1 aromatic heterocycles. The van der Waals surface area contributed by atoms with Crippen LogP contribution < -0.4 is 5.32 Å². The van der Waals surface area contributed by atoms with Crippen molar-refractivity contribution in [2.45, 2.75) is 20.3 Å². The number of benzene rings is 2. The van der Waals surface area contributed by atoms with E-state index in [-0.39, 0.29) is 5.91 Å². The van der Waals surface area contributed by atoms with Crippen molar-refractivity contribution in [2.24, 2.45) is 0 Å². The van der Waals surface area contributed by atoms with E-state index in [0.717, 1.165) is 27.7 Å². The van der Waals surface area contributed by atoms with E-state index in [1.807, 2.05) is 56.4 Å². The fraction of sp³-hybridized carbons (Fsp3) is 0.167. The van der Waals surface area contributed by atoms with E-state index in [2.05, 4.69) is 16.4 Å². The van der Waals surface area contributed by atoms with Crippen LogP contribution in [0, 0.1) is 13.8 Å². The summed E-state index contributed by atoms with van der Waals surface area (Å²) in [7, 11) is 0. The van der Waals surface area contributed by atoms with Crippen molar-refractivity contribution in [2.75, 3.05) is 5.32 Å². The van der Waals surface area contributed by atoms with Gasteiger partial charge in [0, 0.05) is 22.8 Å². The number of aromatic nitrogens is 1. The lowest BCUT2D eigenvalue weighted by molar-refractivity contribution is -0.115. The van der Waals surface area contributed by atoms with Crippen molar-refractivity contribution in [1.82, 2.24) is 4.98 Å². The zero-order valence-electron chi connectivity index (χ0n) is 12.2. The number of amides is 1. The topological polar surface area (TPSA) is 44.9 Å². The Morgan fingerprint density at radius 3 is 2.76 bits per heavy atom. The molecule has 3 nitrogen and oxygen atoms in total. The van der Waals surface area contributed by atoms with Crippen LogP contribution >= 0.6 is 0 Å². The zero-order chi connectivity index (χ0) is 14.8. The molecule has 0 aliphatic heterocycles.